The molecule has 0 aliphatic carbocycles. The summed E-state index contributed by atoms with van der Waals surface area (Å²) in [4.78, 5) is 4.19. The first-order valence-electron chi connectivity index (χ1n) is 5.97. The Morgan fingerprint density at radius 3 is 2.78 bits per heavy atom. The minimum Gasteiger partial charge on any atom is -0.388 e. The molecule has 1 N–H and O–H groups in total. The van der Waals surface area contributed by atoms with Crippen LogP contribution >= 0.6 is 0 Å². The van der Waals surface area contributed by atoms with E-state index in [1.807, 2.05) is 30.8 Å². The molecule has 18 heavy (non-hydrogen) atoms. The van der Waals surface area contributed by atoms with E-state index in [1.54, 1.807) is 6.20 Å². The topological polar surface area (TPSA) is 38.1 Å². The van der Waals surface area contributed by atoms with Gasteiger partial charge in [-0.2, -0.15) is 0 Å². The average Bonchev–Trinajstić information content (AvgIpc) is 2.70. The Labute approximate surface area is 106 Å². The maximum Gasteiger partial charge on any atom is 0.123 e. The van der Waals surface area contributed by atoms with Crippen LogP contribution in [-0.2, 0) is 13.5 Å². The molecule has 1 atom stereocenters. The van der Waals surface area contributed by atoms with Crippen LogP contribution in [0.3, 0.4) is 0 Å². The van der Waals surface area contributed by atoms with Crippen molar-refractivity contribution >= 4 is 0 Å². The number of aromatic nitrogens is 2. The molecule has 0 aliphatic heterocycles. The monoisotopic (exact) mass is 248 g/mol. The first-order chi connectivity index (χ1) is 8.56. The van der Waals surface area contributed by atoms with Gasteiger partial charge in [-0.3, -0.25) is 0 Å². The Kier molecular flexibility index (Phi) is 3.77. The summed E-state index contributed by atoms with van der Waals surface area (Å²) in [5.41, 5.74) is 1.45. The fourth-order valence-electron chi connectivity index (χ4n) is 2.03. The summed E-state index contributed by atoms with van der Waals surface area (Å²) in [6.45, 7) is 1.82. The summed E-state index contributed by atoms with van der Waals surface area (Å²) in [5.74, 6) is 0.614. The number of rotatable bonds is 4. The lowest BCUT2D eigenvalue weighted by atomic mass is 10.0. The summed E-state index contributed by atoms with van der Waals surface area (Å²) in [7, 11) is 1.92. The van der Waals surface area contributed by atoms with Crippen LogP contribution in [-0.4, -0.2) is 14.7 Å². The molecule has 2 aromatic rings. The number of nitrogens with zero attached hydrogens (tertiary/aromatic N) is 2. The number of imidazole rings is 1. The van der Waals surface area contributed by atoms with Crippen LogP contribution < -0.4 is 0 Å². The van der Waals surface area contributed by atoms with Crippen molar-refractivity contribution in [3.05, 3.63) is 53.4 Å². The third-order valence-electron chi connectivity index (χ3n) is 3.01. The normalized spacial score (nSPS) is 12.7. The third kappa shape index (κ3) is 2.96. The van der Waals surface area contributed by atoms with Crippen molar-refractivity contribution < 1.29 is 9.50 Å². The smallest absolute Gasteiger partial charge is 0.123 e. The van der Waals surface area contributed by atoms with E-state index in [0.717, 1.165) is 11.4 Å². The minimum atomic E-state index is -0.656. The standard InChI is InChI=1S/C14H17FN2O/c1-10-7-11(9-12(15)8-10)13(18)3-4-14-16-5-6-17(14)2/h5-9,13,18H,3-4H2,1-2H3. The van der Waals surface area contributed by atoms with E-state index < -0.39 is 6.10 Å². The number of halogens is 1. The molecule has 0 aliphatic rings. The number of aliphatic hydroxyl groups excluding tert-OH is 1. The van der Waals surface area contributed by atoms with Gasteiger partial charge in [0.15, 0.2) is 0 Å². The van der Waals surface area contributed by atoms with E-state index in [-0.39, 0.29) is 5.82 Å². The molecule has 3 nitrogen and oxygen atoms in total. The van der Waals surface area contributed by atoms with E-state index in [1.165, 1.54) is 12.1 Å². The van der Waals surface area contributed by atoms with Crippen LogP contribution in [0.4, 0.5) is 4.39 Å². The zero-order valence-corrected chi connectivity index (χ0v) is 10.6. The van der Waals surface area contributed by atoms with Crippen LogP contribution in [0.25, 0.3) is 0 Å². The molecule has 0 saturated heterocycles. The van der Waals surface area contributed by atoms with Gasteiger partial charge >= 0.3 is 0 Å². The molecular formula is C14H17FN2O. The molecule has 0 radical (unpaired) electrons. The van der Waals surface area contributed by atoms with E-state index in [2.05, 4.69) is 4.98 Å². The first-order valence-corrected chi connectivity index (χ1v) is 5.97. The molecule has 0 fully saturated rings. The fourth-order valence-corrected chi connectivity index (χ4v) is 2.03. The number of aryl methyl sites for hydroxylation is 3. The molecular weight excluding hydrogens is 231 g/mol. The lowest BCUT2D eigenvalue weighted by molar-refractivity contribution is 0.166. The second-order valence-electron chi connectivity index (χ2n) is 4.57. The second kappa shape index (κ2) is 5.31. The Balaban J connectivity index is 2.03. The van der Waals surface area contributed by atoms with Gasteiger partial charge in [0.2, 0.25) is 0 Å². The lowest BCUT2D eigenvalue weighted by Gasteiger charge is -2.12. The predicted octanol–water partition coefficient (Wildman–Crippen LogP) is 2.53. The van der Waals surface area contributed by atoms with Crippen molar-refractivity contribution in [2.24, 2.45) is 7.05 Å². The Morgan fingerprint density at radius 2 is 2.17 bits per heavy atom. The fraction of sp³-hybridized carbons (Fsp3) is 0.357. The van der Waals surface area contributed by atoms with Crippen LogP contribution in [0.1, 0.15) is 29.5 Å². The second-order valence-corrected chi connectivity index (χ2v) is 4.57. The summed E-state index contributed by atoms with van der Waals surface area (Å²) in [6.07, 6.45) is 4.15. The molecule has 0 spiro atoms. The minimum absolute atomic E-state index is 0.305. The SMILES string of the molecule is Cc1cc(F)cc(C(O)CCc2nccn2C)c1. The molecule has 4 heteroatoms. The van der Waals surface area contributed by atoms with E-state index in [9.17, 15) is 9.50 Å². The highest BCUT2D eigenvalue weighted by Gasteiger charge is 2.11. The van der Waals surface area contributed by atoms with E-state index in [0.29, 0.717) is 18.4 Å². The highest BCUT2D eigenvalue weighted by molar-refractivity contribution is 5.25. The van der Waals surface area contributed by atoms with E-state index >= 15 is 0 Å². The van der Waals surface area contributed by atoms with Crippen LogP contribution in [0, 0.1) is 12.7 Å². The van der Waals surface area contributed by atoms with Gasteiger partial charge in [0.05, 0.1) is 6.10 Å². The maximum absolute atomic E-state index is 13.2. The highest BCUT2D eigenvalue weighted by Crippen LogP contribution is 2.20. The van der Waals surface area contributed by atoms with Crippen LogP contribution in [0.2, 0.25) is 0 Å². The average molecular weight is 248 g/mol. The molecule has 0 saturated carbocycles. The molecule has 1 aromatic carbocycles. The highest BCUT2D eigenvalue weighted by atomic mass is 19.1. The van der Waals surface area contributed by atoms with Gasteiger partial charge in [0.1, 0.15) is 11.6 Å². The largest absolute Gasteiger partial charge is 0.388 e. The molecule has 1 heterocycles. The predicted molar refractivity (Wildman–Crippen MR) is 67.6 cm³/mol. The van der Waals surface area contributed by atoms with Gasteiger partial charge in [0, 0.05) is 25.9 Å². The van der Waals surface area contributed by atoms with Gasteiger partial charge in [-0.05, 0) is 36.6 Å². The Bertz CT molecular complexity index is 516. The summed E-state index contributed by atoms with van der Waals surface area (Å²) in [6, 6.07) is 4.65. The van der Waals surface area contributed by atoms with Gasteiger partial charge < -0.3 is 9.67 Å². The molecule has 0 bridgehead atoms. The molecule has 1 aromatic heterocycles. The van der Waals surface area contributed by atoms with Crippen LogP contribution in [0.5, 0.6) is 0 Å². The lowest BCUT2D eigenvalue weighted by Crippen LogP contribution is -2.04. The van der Waals surface area contributed by atoms with Crippen molar-refractivity contribution in [3.63, 3.8) is 0 Å². The van der Waals surface area contributed by atoms with Gasteiger partial charge in [0.25, 0.3) is 0 Å². The van der Waals surface area contributed by atoms with Gasteiger partial charge in [-0.1, -0.05) is 6.07 Å². The number of hydrogen-bond acceptors (Lipinski definition) is 2. The Morgan fingerprint density at radius 1 is 1.39 bits per heavy atom. The quantitative estimate of drug-likeness (QED) is 0.903. The van der Waals surface area contributed by atoms with Crippen LogP contribution in [0.15, 0.2) is 30.6 Å². The van der Waals surface area contributed by atoms with Crippen molar-refractivity contribution in [2.45, 2.75) is 25.9 Å². The number of aliphatic hydroxyl groups is 1. The van der Waals surface area contributed by atoms with E-state index in [4.69, 9.17) is 0 Å². The maximum atomic E-state index is 13.2. The molecule has 0 amide bonds. The zero-order chi connectivity index (χ0) is 13.1. The Hall–Kier alpha value is -1.68. The number of benzene rings is 1. The first kappa shape index (κ1) is 12.8. The van der Waals surface area contributed by atoms with Crippen molar-refractivity contribution in [1.29, 1.82) is 0 Å². The summed E-state index contributed by atoms with van der Waals surface area (Å²) >= 11 is 0. The molecule has 1 unspecified atom stereocenters. The van der Waals surface area contributed by atoms with Crippen molar-refractivity contribution in [3.8, 4) is 0 Å². The van der Waals surface area contributed by atoms with Gasteiger partial charge in [-0.25, -0.2) is 9.37 Å². The van der Waals surface area contributed by atoms with Crippen molar-refractivity contribution in [2.75, 3.05) is 0 Å². The zero-order valence-electron chi connectivity index (χ0n) is 10.6. The molecule has 2 rings (SSSR count). The summed E-state index contributed by atoms with van der Waals surface area (Å²) in [5, 5.41) is 10.1. The molecule has 96 valence electrons. The van der Waals surface area contributed by atoms with Crippen molar-refractivity contribution in [1.82, 2.24) is 9.55 Å². The third-order valence-corrected chi connectivity index (χ3v) is 3.01. The summed E-state index contributed by atoms with van der Waals surface area (Å²) < 4.78 is 15.2. The number of hydrogen-bond donors (Lipinski definition) is 1. The van der Waals surface area contributed by atoms with Gasteiger partial charge in [-0.15, -0.1) is 0 Å².